The van der Waals surface area contributed by atoms with Crippen LogP contribution in [0.3, 0.4) is 0 Å². The van der Waals surface area contributed by atoms with Crippen LogP contribution >= 0.6 is 0 Å². The highest BCUT2D eigenvalue weighted by Gasteiger charge is 2.34. The molecule has 0 aliphatic carbocycles. The quantitative estimate of drug-likeness (QED) is 0.157. The van der Waals surface area contributed by atoms with Gasteiger partial charge in [0, 0.05) is 0 Å². The summed E-state index contributed by atoms with van der Waals surface area (Å²) in [4.78, 5) is 60.7. The number of carbonyl (C=O) groups excluding carboxylic acids is 4. The molecule has 32 heavy (non-hydrogen) atoms. The zero-order valence-electron chi connectivity index (χ0n) is 19.3. The molecule has 184 valence electrons. The summed E-state index contributed by atoms with van der Waals surface area (Å²) >= 11 is 0. The van der Waals surface area contributed by atoms with Crippen LogP contribution in [0.15, 0.2) is 0 Å². The molecule has 0 aliphatic heterocycles. The number of carboxylic acids is 1. The second kappa shape index (κ2) is 13.6. The summed E-state index contributed by atoms with van der Waals surface area (Å²) in [5.41, 5.74) is 11.1. The summed E-state index contributed by atoms with van der Waals surface area (Å²) in [6.45, 7) is 8.22. The number of amides is 4. The second-order valence-corrected chi connectivity index (χ2v) is 8.08. The third-order valence-electron chi connectivity index (χ3n) is 5.44. The minimum absolute atomic E-state index is 0.181. The third-order valence-corrected chi connectivity index (χ3v) is 5.44. The van der Waals surface area contributed by atoms with Crippen molar-refractivity contribution >= 4 is 29.6 Å². The van der Waals surface area contributed by atoms with Gasteiger partial charge < -0.3 is 37.6 Å². The van der Waals surface area contributed by atoms with Crippen LogP contribution in [0.2, 0.25) is 0 Å². The molecular weight excluding hydrogens is 422 g/mol. The summed E-state index contributed by atoms with van der Waals surface area (Å²) < 4.78 is 0. The maximum absolute atomic E-state index is 12.8. The molecule has 0 heterocycles. The van der Waals surface area contributed by atoms with Crippen LogP contribution in [-0.2, 0) is 24.0 Å². The van der Waals surface area contributed by atoms with E-state index in [4.69, 9.17) is 11.5 Å². The van der Waals surface area contributed by atoms with Crippen molar-refractivity contribution in [2.75, 3.05) is 0 Å². The Morgan fingerprint density at radius 2 is 1.31 bits per heavy atom. The van der Waals surface area contributed by atoms with E-state index in [0.717, 1.165) is 0 Å². The SMILES string of the molecule is CCC(C)C(N)C(=O)NC(CC(N)=O)C(=O)NC(C(=O)NC(C(=O)O)C(C)O)C(C)CC. The lowest BCUT2D eigenvalue weighted by Gasteiger charge is -2.28. The molecule has 12 heteroatoms. The largest absolute Gasteiger partial charge is 0.480 e. The first-order valence-corrected chi connectivity index (χ1v) is 10.6. The lowest BCUT2D eigenvalue weighted by atomic mass is 9.96. The molecule has 7 atom stereocenters. The Balaban J connectivity index is 5.61. The molecule has 0 aliphatic rings. The highest BCUT2D eigenvalue weighted by molar-refractivity contribution is 5.96. The van der Waals surface area contributed by atoms with Crippen LogP contribution in [0.4, 0.5) is 0 Å². The Kier molecular flexibility index (Phi) is 12.5. The van der Waals surface area contributed by atoms with E-state index in [1.807, 2.05) is 6.92 Å². The fourth-order valence-corrected chi connectivity index (χ4v) is 2.78. The molecule has 0 saturated heterocycles. The van der Waals surface area contributed by atoms with Crippen molar-refractivity contribution < 1.29 is 34.2 Å². The van der Waals surface area contributed by atoms with Gasteiger partial charge in [-0.1, -0.05) is 40.5 Å². The van der Waals surface area contributed by atoms with E-state index in [0.29, 0.717) is 12.8 Å². The van der Waals surface area contributed by atoms with Crippen LogP contribution in [-0.4, -0.2) is 70.1 Å². The van der Waals surface area contributed by atoms with Crippen molar-refractivity contribution in [1.29, 1.82) is 0 Å². The van der Waals surface area contributed by atoms with Crippen LogP contribution in [0, 0.1) is 11.8 Å². The van der Waals surface area contributed by atoms with E-state index in [-0.39, 0.29) is 5.92 Å². The van der Waals surface area contributed by atoms with Crippen molar-refractivity contribution in [3.8, 4) is 0 Å². The molecule has 0 aromatic rings. The highest BCUT2D eigenvalue weighted by Crippen LogP contribution is 2.11. The van der Waals surface area contributed by atoms with E-state index in [9.17, 15) is 34.2 Å². The molecule has 0 saturated carbocycles. The number of aliphatic carboxylic acids is 1. The van der Waals surface area contributed by atoms with Gasteiger partial charge in [-0.25, -0.2) is 4.79 Å². The van der Waals surface area contributed by atoms with Crippen LogP contribution in [0.5, 0.6) is 0 Å². The van der Waals surface area contributed by atoms with E-state index in [1.54, 1.807) is 20.8 Å². The molecule has 0 aromatic carbocycles. The zero-order valence-corrected chi connectivity index (χ0v) is 19.3. The third kappa shape index (κ3) is 9.18. The van der Waals surface area contributed by atoms with Gasteiger partial charge in [-0.2, -0.15) is 0 Å². The standard InChI is InChI=1S/C20H37N5O7/c1-6-9(3)14(22)18(29)23-12(8-13(21)27)17(28)24-15(10(4)7-2)19(30)25-16(11(5)26)20(31)32/h9-12,14-16,26H,6-8,22H2,1-5H3,(H2,21,27)(H,23,29)(H,24,28)(H,25,30)(H,31,32). The molecule has 0 aromatic heterocycles. The Hall–Kier alpha value is -2.73. The fraction of sp³-hybridized carbons (Fsp3) is 0.750. The van der Waals surface area contributed by atoms with E-state index < -0.39 is 72.2 Å². The molecule has 4 amide bonds. The highest BCUT2D eigenvalue weighted by atomic mass is 16.4. The fourth-order valence-electron chi connectivity index (χ4n) is 2.78. The number of aliphatic hydroxyl groups is 1. The molecule has 12 nitrogen and oxygen atoms in total. The number of hydrogen-bond acceptors (Lipinski definition) is 7. The predicted octanol–water partition coefficient (Wildman–Crippen LogP) is -1.80. The lowest BCUT2D eigenvalue weighted by molar-refractivity contribution is -0.145. The van der Waals surface area contributed by atoms with Crippen LogP contribution in [0.1, 0.15) is 53.9 Å². The molecule has 0 bridgehead atoms. The predicted molar refractivity (Wildman–Crippen MR) is 116 cm³/mol. The van der Waals surface area contributed by atoms with Gasteiger partial charge in [0.05, 0.1) is 18.6 Å². The van der Waals surface area contributed by atoms with E-state index >= 15 is 0 Å². The number of carbonyl (C=O) groups is 5. The van der Waals surface area contributed by atoms with Gasteiger partial charge >= 0.3 is 5.97 Å². The minimum atomic E-state index is -1.58. The summed E-state index contributed by atoms with van der Waals surface area (Å²) in [5.74, 6) is -5.24. The number of nitrogens with two attached hydrogens (primary N) is 2. The Bertz CT molecular complexity index is 685. The maximum atomic E-state index is 12.8. The summed E-state index contributed by atoms with van der Waals surface area (Å²) in [6, 6.07) is -5.06. The maximum Gasteiger partial charge on any atom is 0.328 e. The van der Waals surface area contributed by atoms with Crippen molar-refractivity contribution in [3.05, 3.63) is 0 Å². The average molecular weight is 460 g/mol. The number of carboxylic acid groups (broad SMARTS) is 1. The van der Waals surface area contributed by atoms with Gasteiger partial charge in [0.15, 0.2) is 6.04 Å². The first kappa shape index (κ1) is 29.3. The number of hydrogen-bond donors (Lipinski definition) is 7. The first-order valence-electron chi connectivity index (χ1n) is 10.6. The van der Waals surface area contributed by atoms with Gasteiger partial charge in [0.2, 0.25) is 23.6 Å². The van der Waals surface area contributed by atoms with Gasteiger partial charge in [-0.05, 0) is 18.8 Å². The van der Waals surface area contributed by atoms with Crippen LogP contribution < -0.4 is 27.4 Å². The van der Waals surface area contributed by atoms with Crippen LogP contribution in [0.25, 0.3) is 0 Å². The summed E-state index contributed by atoms with van der Waals surface area (Å²) in [7, 11) is 0. The number of aliphatic hydroxyl groups excluding tert-OH is 1. The molecule has 0 radical (unpaired) electrons. The second-order valence-electron chi connectivity index (χ2n) is 8.08. The van der Waals surface area contributed by atoms with Gasteiger partial charge in [0.25, 0.3) is 0 Å². The molecule has 7 unspecified atom stereocenters. The summed E-state index contributed by atoms with van der Waals surface area (Å²) in [5, 5.41) is 25.8. The zero-order chi connectivity index (χ0) is 25.2. The van der Waals surface area contributed by atoms with Crippen molar-refractivity contribution in [2.45, 2.75) is 84.2 Å². The Morgan fingerprint density at radius 1 is 0.812 bits per heavy atom. The molecular formula is C20H37N5O7. The molecule has 9 N–H and O–H groups in total. The minimum Gasteiger partial charge on any atom is -0.480 e. The topological polar surface area (TPSA) is 214 Å². The van der Waals surface area contributed by atoms with Gasteiger partial charge in [0.1, 0.15) is 12.1 Å². The van der Waals surface area contributed by atoms with Crippen molar-refractivity contribution in [2.24, 2.45) is 23.3 Å². The number of primary amides is 1. The van der Waals surface area contributed by atoms with E-state index in [2.05, 4.69) is 16.0 Å². The Labute approximate surface area is 187 Å². The number of nitrogens with one attached hydrogen (secondary N) is 3. The average Bonchev–Trinajstić information content (AvgIpc) is 2.72. The van der Waals surface area contributed by atoms with Crippen molar-refractivity contribution in [1.82, 2.24) is 16.0 Å². The Morgan fingerprint density at radius 3 is 1.72 bits per heavy atom. The molecule has 0 spiro atoms. The molecule has 0 rings (SSSR count). The summed E-state index contributed by atoms with van der Waals surface area (Å²) in [6.07, 6.45) is -0.846. The lowest BCUT2D eigenvalue weighted by Crippen LogP contribution is -2.60. The van der Waals surface area contributed by atoms with Crippen molar-refractivity contribution in [3.63, 3.8) is 0 Å². The van der Waals surface area contributed by atoms with E-state index in [1.165, 1.54) is 6.92 Å². The number of rotatable bonds is 14. The molecule has 0 fully saturated rings. The van der Waals surface area contributed by atoms with Gasteiger partial charge in [-0.15, -0.1) is 0 Å². The normalized spacial score (nSPS) is 17.6. The van der Waals surface area contributed by atoms with Gasteiger partial charge in [-0.3, -0.25) is 19.2 Å². The monoisotopic (exact) mass is 459 g/mol. The smallest absolute Gasteiger partial charge is 0.328 e. The first-order chi connectivity index (χ1) is 14.8.